The highest BCUT2D eigenvalue weighted by atomic mass is 32.2. The normalized spacial score (nSPS) is 12.1. The highest BCUT2D eigenvalue weighted by molar-refractivity contribution is 7.92. The third-order valence-corrected chi connectivity index (χ3v) is 16.0. The van der Waals surface area contributed by atoms with Crippen LogP contribution in [0.25, 0.3) is 0 Å². The molecule has 1 aromatic heterocycles. The zero-order valence-corrected chi connectivity index (χ0v) is 63.7. The Kier molecular flexibility index (Phi) is 32.3. The number of nitrogens with one attached hydrogen (secondary N) is 3. The van der Waals surface area contributed by atoms with Gasteiger partial charge in [-0.1, -0.05) is 212 Å². The molecule has 6 aromatic carbocycles. The van der Waals surface area contributed by atoms with Gasteiger partial charge in [-0.25, -0.2) is 8.42 Å². The minimum Gasteiger partial charge on any atom is -0.508 e. The summed E-state index contributed by atoms with van der Waals surface area (Å²) in [6, 6.07) is 38.0. The first-order chi connectivity index (χ1) is 43.7. The molecule has 0 bridgehead atoms. The Morgan fingerprint density at radius 3 is 1.34 bits per heavy atom. The number of aromatic hydroxyl groups is 4. The minimum absolute atomic E-state index is 0.0236. The Balaban J connectivity index is 0.000000558. The summed E-state index contributed by atoms with van der Waals surface area (Å²) in [5, 5.41) is 68.1. The summed E-state index contributed by atoms with van der Waals surface area (Å²) in [4.78, 5) is 26.1. The van der Waals surface area contributed by atoms with Gasteiger partial charge in [-0.05, 0) is 175 Å². The number of sulfonamides is 1. The number of aliphatic hydroxyl groups is 3. The van der Waals surface area contributed by atoms with E-state index in [1.807, 2.05) is 118 Å². The average Bonchev–Trinajstić information content (AvgIpc) is 1.65. The number of hydrogen-bond acceptors (Lipinski definition) is 12. The van der Waals surface area contributed by atoms with Gasteiger partial charge in [0.2, 0.25) is 22.3 Å². The van der Waals surface area contributed by atoms with Crippen molar-refractivity contribution < 1.29 is 53.8 Å². The maximum Gasteiger partial charge on any atom is 0.229 e. The minimum atomic E-state index is -3.37. The van der Waals surface area contributed by atoms with E-state index in [0.29, 0.717) is 12.2 Å². The number of rotatable bonds is 6. The number of nitrogens with zero attached hydrogens (tertiary/aromatic N) is 1. The standard InChI is InChI=1S/C12H15NO.C12H17NO.C12H18O.C11H17NO3S.C11H17NO.C11H16O.C10H14O2.CH4O/c1-12(2,3)9-5-4-6-10-8(9)7-11(14)13-10;1-9-5-6-10(12(2,3)4)7-11(9)13-8-14;1-9-5-6-11(12(2,3)4)7-10(9)8-13;1-11(2,3)8-5-6-10(13)9(7-8)12-16(4,14)15;1-8-5-6-10(11(2,3)4)12-9(8)7-13;1-8-5-6-9(7-10(8)12)11(2,3)4;1-10(2,3)7-4-8(11)6-9(12)5-7;1-2/h4-6H,7H2,1-3H3,(H,13,14);5-8H,1-4H3,(H,13,14);5-7,13H,8H2,1-4H3;5-7,12-13H,1-4H3;5-6,13H,7H2,1-4H3;5-7,12H,1-4H3;4-6,11-12H,1-3H3;2H,1H3. The van der Waals surface area contributed by atoms with E-state index in [-0.39, 0.29) is 80.0 Å². The van der Waals surface area contributed by atoms with Crippen LogP contribution < -0.4 is 15.4 Å². The molecule has 0 saturated heterocycles. The highest BCUT2D eigenvalue weighted by Crippen LogP contribution is 2.36. The number of phenolic OH excluding ortho intramolecular Hbond substituents is 4. The lowest BCUT2D eigenvalue weighted by Gasteiger charge is -2.21. The Labute approximate surface area is 577 Å². The van der Waals surface area contributed by atoms with E-state index in [2.05, 4.69) is 161 Å². The van der Waals surface area contributed by atoms with Crippen molar-refractivity contribution in [2.45, 2.75) is 231 Å². The molecular formula is C80H118N4O11S. The molecule has 96 heavy (non-hydrogen) atoms. The van der Waals surface area contributed by atoms with Gasteiger partial charge in [-0.2, -0.15) is 0 Å². The van der Waals surface area contributed by atoms with Crippen LogP contribution in [-0.4, -0.2) is 74.8 Å². The van der Waals surface area contributed by atoms with E-state index in [0.717, 1.165) is 81.5 Å². The molecule has 0 unspecified atom stereocenters. The molecule has 2 heterocycles. The largest absolute Gasteiger partial charge is 0.508 e. The summed E-state index contributed by atoms with van der Waals surface area (Å²) in [6.07, 6.45) is 2.30. The molecule has 1 aliphatic heterocycles. The van der Waals surface area contributed by atoms with Crippen LogP contribution in [0.3, 0.4) is 0 Å². The smallest absolute Gasteiger partial charge is 0.229 e. The summed E-state index contributed by atoms with van der Waals surface area (Å²) < 4.78 is 24.5. The first kappa shape index (κ1) is 86.3. The van der Waals surface area contributed by atoms with Crippen LogP contribution in [0.2, 0.25) is 0 Å². The lowest BCUT2D eigenvalue weighted by molar-refractivity contribution is -0.115. The molecule has 0 aliphatic carbocycles. The molecule has 530 valence electrons. The fourth-order valence-corrected chi connectivity index (χ4v) is 9.67. The van der Waals surface area contributed by atoms with Crippen molar-refractivity contribution in [2.75, 3.05) is 28.7 Å². The van der Waals surface area contributed by atoms with Crippen molar-refractivity contribution in [1.29, 1.82) is 0 Å². The second kappa shape index (κ2) is 36.0. The van der Waals surface area contributed by atoms with Crippen LogP contribution >= 0.6 is 0 Å². The Hall–Kier alpha value is -7.76. The molecule has 10 N–H and O–H groups in total. The second-order valence-electron chi connectivity index (χ2n) is 31.4. The van der Waals surface area contributed by atoms with Crippen LogP contribution in [0.15, 0.2) is 121 Å². The number of phenols is 4. The number of amides is 2. The van der Waals surface area contributed by atoms with Crippen molar-refractivity contribution >= 4 is 39.4 Å². The summed E-state index contributed by atoms with van der Waals surface area (Å²) in [5.74, 6) is 0.650. The summed E-state index contributed by atoms with van der Waals surface area (Å²) >= 11 is 0. The van der Waals surface area contributed by atoms with Gasteiger partial charge in [0.1, 0.15) is 23.0 Å². The molecule has 1 aliphatic rings. The van der Waals surface area contributed by atoms with Gasteiger partial charge in [0.15, 0.2) is 0 Å². The van der Waals surface area contributed by atoms with Gasteiger partial charge in [0, 0.05) is 35.7 Å². The zero-order valence-electron chi connectivity index (χ0n) is 62.9. The SMILES string of the molecule is CC(C)(C)c1cc(O)cc(O)c1.CC(C)(C)c1ccc(O)c(NS(C)(=O)=O)c1.CC(C)(C)c1cccc2c1CC(=O)N2.CO.Cc1ccc(C(C)(C)C)cc1CO.Cc1ccc(C(C)(C)C)cc1NC=O.Cc1ccc(C(C)(C)C)cc1O.Cc1ccc(C(C)(C)C)nc1CO. The number of anilines is 3. The van der Waals surface area contributed by atoms with Crippen molar-refractivity contribution in [1.82, 2.24) is 4.98 Å². The number of carbonyl (C=O) groups excluding carboxylic acids is 2. The van der Waals surface area contributed by atoms with Gasteiger partial charge in [-0.3, -0.25) is 19.3 Å². The molecule has 0 saturated carbocycles. The van der Waals surface area contributed by atoms with E-state index >= 15 is 0 Å². The maximum atomic E-state index is 11.3. The fraction of sp³-hybridized carbons (Fsp3) is 0.463. The molecule has 15 nitrogen and oxygen atoms in total. The summed E-state index contributed by atoms with van der Waals surface area (Å²) in [6.45, 7) is 52.5. The van der Waals surface area contributed by atoms with Crippen LogP contribution in [0.5, 0.6) is 23.0 Å². The van der Waals surface area contributed by atoms with E-state index in [9.17, 15) is 38.4 Å². The quantitative estimate of drug-likeness (QED) is 0.0551. The van der Waals surface area contributed by atoms with E-state index in [1.54, 1.807) is 24.3 Å². The lowest BCUT2D eigenvalue weighted by atomic mass is 9.83. The van der Waals surface area contributed by atoms with Crippen LogP contribution in [0.1, 0.15) is 224 Å². The third kappa shape index (κ3) is 29.7. The van der Waals surface area contributed by atoms with Crippen LogP contribution in [-0.2, 0) is 77.2 Å². The Morgan fingerprint density at radius 1 is 0.479 bits per heavy atom. The third-order valence-electron chi connectivity index (χ3n) is 15.4. The predicted molar refractivity (Wildman–Crippen MR) is 400 cm³/mol. The van der Waals surface area contributed by atoms with Crippen molar-refractivity contribution in [3.8, 4) is 23.0 Å². The topological polar surface area (TPSA) is 259 Å². The van der Waals surface area contributed by atoms with Gasteiger partial charge in [0.05, 0.1) is 37.3 Å². The Bertz CT molecular complexity index is 3670. The van der Waals surface area contributed by atoms with E-state index in [1.165, 1.54) is 39.9 Å². The van der Waals surface area contributed by atoms with Gasteiger partial charge < -0.3 is 46.4 Å². The number of carbonyl (C=O) groups is 2. The van der Waals surface area contributed by atoms with Crippen LogP contribution in [0, 0.1) is 27.7 Å². The molecule has 0 fully saturated rings. The average molecular weight is 1340 g/mol. The molecule has 0 spiro atoms. The van der Waals surface area contributed by atoms with Crippen molar-refractivity contribution in [3.63, 3.8) is 0 Å². The maximum absolute atomic E-state index is 11.3. The fourth-order valence-electron chi connectivity index (χ4n) is 9.10. The highest BCUT2D eigenvalue weighted by Gasteiger charge is 2.26. The second-order valence-corrected chi connectivity index (χ2v) is 33.1. The molecule has 8 rings (SSSR count). The zero-order chi connectivity index (χ0) is 74.5. The number of aliphatic hydroxyl groups excluding tert-OH is 3. The predicted octanol–water partition coefficient (Wildman–Crippen LogP) is 17.4. The summed E-state index contributed by atoms with van der Waals surface area (Å²) in [7, 11) is -2.37. The molecule has 0 atom stereocenters. The monoisotopic (exact) mass is 1340 g/mol. The molecule has 0 radical (unpaired) electrons. The first-order valence-corrected chi connectivity index (χ1v) is 34.2. The summed E-state index contributed by atoms with van der Waals surface area (Å²) in [5.41, 5.74) is 17.6. The molecular weight excluding hydrogens is 1220 g/mol. The van der Waals surface area contributed by atoms with E-state index < -0.39 is 10.0 Å². The van der Waals surface area contributed by atoms with E-state index in [4.69, 9.17) is 15.3 Å². The molecule has 7 aromatic rings. The number of hydrogen-bond donors (Lipinski definition) is 10. The number of aromatic nitrogens is 1. The van der Waals surface area contributed by atoms with Crippen molar-refractivity contribution in [2.24, 2.45) is 0 Å². The number of benzene rings is 6. The van der Waals surface area contributed by atoms with Gasteiger partial charge in [0.25, 0.3) is 0 Å². The number of pyridine rings is 1. The van der Waals surface area contributed by atoms with Crippen molar-refractivity contribution in [3.05, 3.63) is 199 Å². The molecule has 2 amide bonds. The first-order valence-electron chi connectivity index (χ1n) is 32.3. The molecule has 16 heteroatoms. The Morgan fingerprint density at radius 2 is 0.917 bits per heavy atom. The van der Waals surface area contributed by atoms with Gasteiger partial charge in [-0.15, -0.1) is 0 Å². The van der Waals surface area contributed by atoms with Gasteiger partial charge >= 0.3 is 0 Å². The van der Waals surface area contributed by atoms with Crippen LogP contribution in [0.4, 0.5) is 17.1 Å². The number of aryl methyl sites for hydroxylation is 4. The number of fused-ring (bicyclic) bond motifs is 1. The lowest BCUT2D eigenvalue weighted by Crippen LogP contribution is -2.14.